The van der Waals surface area contributed by atoms with Crippen LogP contribution in [0.2, 0.25) is 0 Å². The molecular weight excluding hydrogens is 636 g/mol. The van der Waals surface area contributed by atoms with Crippen LogP contribution in [0.1, 0.15) is 67.2 Å². The molecule has 12 nitrogen and oxygen atoms in total. The normalized spacial score (nSPS) is 49.3. The number of hydrogen-bond acceptors (Lipinski definition) is 12. The van der Waals surface area contributed by atoms with Crippen LogP contribution in [0, 0.1) is 46.3 Å². The first-order valence-corrected chi connectivity index (χ1v) is 17.2. The van der Waals surface area contributed by atoms with Crippen molar-refractivity contribution >= 4 is 29.7 Å². The summed E-state index contributed by atoms with van der Waals surface area (Å²) in [6, 6.07) is 0. The van der Waals surface area contributed by atoms with E-state index in [1.54, 1.807) is 26.8 Å². The third-order valence-electron chi connectivity index (χ3n) is 14.7. The van der Waals surface area contributed by atoms with Crippen LogP contribution in [0.25, 0.3) is 0 Å². The lowest BCUT2D eigenvalue weighted by Gasteiger charge is -2.63. The topological polar surface area (TPSA) is 183 Å². The highest BCUT2D eigenvalue weighted by molar-refractivity contribution is 6.10. The molecule has 12 unspecified atom stereocenters. The van der Waals surface area contributed by atoms with E-state index in [2.05, 4.69) is 0 Å². The molecule has 49 heavy (non-hydrogen) atoms. The van der Waals surface area contributed by atoms with Gasteiger partial charge < -0.3 is 34.3 Å². The smallest absolute Gasteiger partial charge is 0.338 e. The number of rotatable bonds is 5. The third kappa shape index (κ3) is 3.18. The zero-order chi connectivity index (χ0) is 35.2. The molecule has 0 radical (unpaired) electrons. The quantitative estimate of drug-likeness (QED) is 0.219. The van der Waals surface area contributed by atoms with Gasteiger partial charge >= 0.3 is 23.9 Å². The fourth-order valence-corrected chi connectivity index (χ4v) is 12.4. The molecule has 0 amide bonds. The zero-order valence-electron chi connectivity index (χ0n) is 28.3. The Bertz CT molecular complexity index is 1900. The minimum absolute atomic E-state index is 0.0204. The highest BCUT2D eigenvalue weighted by Gasteiger charge is 2.87. The molecule has 260 valence electrons. The summed E-state index contributed by atoms with van der Waals surface area (Å²) < 4.78 is 23.2. The van der Waals surface area contributed by atoms with Crippen molar-refractivity contribution in [2.75, 3.05) is 13.2 Å². The Labute approximate surface area is 282 Å². The van der Waals surface area contributed by atoms with Crippen molar-refractivity contribution in [3.63, 3.8) is 0 Å². The zero-order valence-corrected chi connectivity index (χ0v) is 28.3. The Morgan fingerprint density at radius 3 is 2.29 bits per heavy atom. The van der Waals surface area contributed by atoms with E-state index in [9.17, 15) is 39.3 Å². The van der Waals surface area contributed by atoms with Crippen LogP contribution in [-0.2, 0) is 42.9 Å². The minimum atomic E-state index is -2.66. The van der Waals surface area contributed by atoms with Gasteiger partial charge in [0.1, 0.15) is 18.8 Å². The Kier molecular flexibility index (Phi) is 5.64. The predicted octanol–water partition coefficient (Wildman–Crippen LogP) is 1.91. The van der Waals surface area contributed by atoms with E-state index in [0.29, 0.717) is 29.6 Å². The summed E-state index contributed by atoms with van der Waals surface area (Å²) in [6.45, 7) is 9.04. The Hall–Kier alpha value is -3.61. The lowest BCUT2D eigenvalue weighted by Crippen LogP contribution is -2.68. The van der Waals surface area contributed by atoms with E-state index in [1.165, 1.54) is 13.8 Å². The highest BCUT2D eigenvalue weighted by atomic mass is 16.7. The summed E-state index contributed by atoms with van der Waals surface area (Å²) in [6.07, 6.45) is 2.94. The van der Waals surface area contributed by atoms with Gasteiger partial charge in [-0.05, 0) is 93.6 Å². The molecule has 12 atom stereocenters. The second-order valence-corrected chi connectivity index (χ2v) is 16.4. The van der Waals surface area contributed by atoms with E-state index >= 15 is 0 Å². The standard InChI is InChI=1S/C37H40O12/c1-7-14(2)28(39)47-13-35(44)22-8-19(22)32(5)23(35)10-18-17(12-46-16(4)38)30(41)48-36(18)24(32)11-34(43)21-9-20(21)33(6)27(34)26(36)25-15(3)29(40)49-37(25,45)31(33)42/h7,19-24,43-45H,8-13H2,1-6H3. The van der Waals surface area contributed by atoms with Crippen LogP contribution >= 0.6 is 0 Å². The van der Waals surface area contributed by atoms with Gasteiger partial charge in [0.2, 0.25) is 5.78 Å². The molecule has 9 rings (SSSR count). The Morgan fingerprint density at radius 2 is 1.61 bits per heavy atom. The molecule has 9 aliphatic rings. The van der Waals surface area contributed by atoms with Gasteiger partial charge in [-0.1, -0.05) is 13.0 Å². The summed E-state index contributed by atoms with van der Waals surface area (Å²) in [4.78, 5) is 66.7. The molecule has 5 fully saturated rings. The molecular formula is C37H40O12. The summed E-state index contributed by atoms with van der Waals surface area (Å²) in [7, 11) is 0. The van der Waals surface area contributed by atoms with E-state index in [4.69, 9.17) is 18.9 Å². The van der Waals surface area contributed by atoms with Gasteiger partial charge in [-0.3, -0.25) is 9.59 Å². The molecule has 0 saturated heterocycles. The molecule has 3 N–H and O–H groups in total. The van der Waals surface area contributed by atoms with Crippen LogP contribution in [0.15, 0.2) is 45.1 Å². The number of allylic oxidation sites excluding steroid dienone is 1. The van der Waals surface area contributed by atoms with Crippen LogP contribution in [-0.4, -0.2) is 80.8 Å². The van der Waals surface area contributed by atoms with Crippen molar-refractivity contribution in [3.05, 3.63) is 45.1 Å². The molecule has 2 aliphatic heterocycles. The summed E-state index contributed by atoms with van der Waals surface area (Å²) in [5.74, 6) is -8.49. The molecule has 2 heterocycles. The summed E-state index contributed by atoms with van der Waals surface area (Å²) in [5.41, 5.74) is -5.58. The SMILES string of the molecule is CC=C(C)C(=O)OCC1(O)C2CC2C2(C)C3CC4(O)C5=C(C6=C(C)C(=O)OC6(O)C(=O)C5(C)C5CC54)C34OC(=O)C(COC(C)=O)=C4CC12. The first-order valence-electron chi connectivity index (χ1n) is 17.2. The fraction of sp³-hybridized carbons (Fsp3) is 0.649. The van der Waals surface area contributed by atoms with Crippen LogP contribution in [0.4, 0.5) is 0 Å². The largest absolute Gasteiger partial charge is 0.461 e. The predicted molar refractivity (Wildman–Crippen MR) is 164 cm³/mol. The number of esters is 4. The van der Waals surface area contributed by atoms with Crippen molar-refractivity contribution in [3.8, 4) is 0 Å². The number of fused-ring (bicyclic) bond motifs is 9. The van der Waals surface area contributed by atoms with E-state index in [1.807, 2.05) is 6.92 Å². The first kappa shape index (κ1) is 31.4. The number of carbonyl (C=O) groups excluding carboxylic acids is 5. The maximum atomic E-state index is 14.4. The summed E-state index contributed by atoms with van der Waals surface area (Å²) >= 11 is 0. The van der Waals surface area contributed by atoms with Gasteiger partial charge in [-0.2, -0.15) is 0 Å². The molecule has 0 aromatic rings. The molecule has 7 aliphatic carbocycles. The van der Waals surface area contributed by atoms with Crippen LogP contribution in [0.5, 0.6) is 0 Å². The maximum absolute atomic E-state index is 14.4. The molecule has 0 aromatic heterocycles. The van der Waals surface area contributed by atoms with E-state index in [0.717, 1.165) is 0 Å². The number of carbonyl (C=O) groups is 5. The Morgan fingerprint density at radius 1 is 0.918 bits per heavy atom. The minimum Gasteiger partial charge on any atom is -0.461 e. The molecule has 5 saturated carbocycles. The second-order valence-electron chi connectivity index (χ2n) is 16.4. The number of aliphatic hydroxyl groups is 3. The second kappa shape index (κ2) is 8.81. The molecule has 1 spiro atoms. The van der Waals surface area contributed by atoms with Crippen molar-refractivity contribution < 1.29 is 58.2 Å². The van der Waals surface area contributed by atoms with Crippen molar-refractivity contribution in [2.45, 2.75) is 89.8 Å². The lowest BCUT2D eigenvalue weighted by molar-refractivity contribution is -0.202. The van der Waals surface area contributed by atoms with Gasteiger partial charge in [0.15, 0.2) is 5.60 Å². The van der Waals surface area contributed by atoms with Gasteiger partial charge in [0.05, 0.1) is 16.6 Å². The van der Waals surface area contributed by atoms with Crippen LogP contribution < -0.4 is 0 Å². The maximum Gasteiger partial charge on any atom is 0.338 e. The monoisotopic (exact) mass is 676 g/mol. The van der Waals surface area contributed by atoms with Gasteiger partial charge in [0, 0.05) is 41.1 Å². The average Bonchev–Trinajstić information content (AvgIpc) is 3.95. The lowest BCUT2D eigenvalue weighted by atomic mass is 9.42. The van der Waals surface area contributed by atoms with Crippen molar-refractivity contribution in [2.24, 2.45) is 46.3 Å². The number of ketones is 1. The average molecular weight is 677 g/mol. The summed E-state index contributed by atoms with van der Waals surface area (Å²) in [5, 5.41) is 37.7. The van der Waals surface area contributed by atoms with E-state index in [-0.39, 0.29) is 65.4 Å². The van der Waals surface area contributed by atoms with Crippen molar-refractivity contribution in [1.82, 2.24) is 0 Å². The van der Waals surface area contributed by atoms with Gasteiger partial charge in [-0.25, -0.2) is 14.4 Å². The highest BCUT2D eigenvalue weighted by Crippen LogP contribution is 2.84. The first-order chi connectivity index (χ1) is 22.9. The van der Waals surface area contributed by atoms with Gasteiger partial charge in [-0.15, -0.1) is 0 Å². The number of ether oxygens (including phenoxy) is 4. The van der Waals surface area contributed by atoms with Crippen LogP contribution in [0.3, 0.4) is 0 Å². The van der Waals surface area contributed by atoms with Gasteiger partial charge in [0.25, 0.3) is 5.79 Å². The number of hydrogen-bond donors (Lipinski definition) is 3. The molecule has 12 heteroatoms. The van der Waals surface area contributed by atoms with Crippen molar-refractivity contribution in [1.29, 1.82) is 0 Å². The molecule has 0 bridgehead atoms. The number of Topliss-reactive ketones (excluding diaryl/α,β-unsaturated/α-hetero) is 1. The third-order valence-corrected chi connectivity index (χ3v) is 14.7. The fourth-order valence-electron chi connectivity index (χ4n) is 12.4. The van der Waals surface area contributed by atoms with E-state index < -0.39 is 81.5 Å². The Balaban J connectivity index is 1.31. The molecule has 0 aromatic carbocycles.